The second-order valence-corrected chi connectivity index (χ2v) is 5.25. The lowest BCUT2D eigenvalue weighted by molar-refractivity contribution is 0.112. The van der Waals surface area contributed by atoms with Crippen LogP contribution in [0.15, 0.2) is 30.4 Å². The van der Waals surface area contributed by atoms with Gasteiger partial charge in [-0.05, 0) is 31.5 Å². The second kappa shape index (κ2) is 5.51. The molecule has 2 N–H and O–H groups in total. The summed E-state index contributed by atoms with van der Waals surface area (Å²) in [5, 5.41) is 5.09. The monoisotopic (exact) mass is 289 g/mol. The van der Waals surface area contributed by atoms with Crippen LogP contribution < -0.4 is 5.73 Å². The molecule has 20 heavy (non-hydrogen) atoms. The van der Waals surface area contributed by atoms with E-state index in [9.17, 15) is 4.79 Å². The topological polar surface area (TPSA) is 60.9 Å². The molecule has 4 nitrogen and oxygen atoms in total. The lowest BCUT2D eigenvalue weighted by Crippen LogP contribution is -2.05. The fourth-order valence-electron chi connectivity index (χ4n) is 1.99. The summed E-state index contributed by atoms with van der Waals surface area (Å²) in [5.41, 5.74) is 9.59. The summed E-state index contributed by atoms with van der Waals surface area (Å²) in [6.07, 6.45) is 0.733. The number of hydrogen-bond donors (Lipinski definition) is 1. The molecule has 2 aromatic rings. The van der Waals surface area contributed by atoms with Crippen LogP contribution in [0.5, 0.6) is 0 Å². The summed E-state index contributed by atoms with van der Waals surface area (Å²) in [4.78, 5) is 11.3. The van der Waals surface area contributed by atoms with Crippen molar-refractivity contribution in [2.24, 2.45) is 0 Å². The van der Waals surface area contributed by atoms with Crippen molar-refractivity contribution in [3.05, 3.63) is 46.5 Å². The number of allylic oxidation sites excluding steroid dienone is 1. The number of nitrogen functional groups attached to an aromatic ring is 1. The van der Waals surface area contributed by atoms with Gasteiger partial charge >= 0.3 is 0 Å². The molecule has 2 rings (SSSR count). The van der Waals surface area contributed by atoms with Crippen LogP contribution in [0.25, 0.3) is 11.3 Å². The summed E-state index contributed by atoms with van der Waals surface area (Å²) in [5.74, 6) is 0.352. The standard InChI is InChI=1S/C15H16ClN3O/c1-9(2)7-19-15(17)12(8-20)14(18-19)11-4-5-13(16)10(3)6-11/h4-6,8H,1,7,17H2,2-3H3. The van der Waals surface area contributed by atoms with Crippen LogP contribution in [0.2, 0.25) is 5.02 Å². The van der Waals surface area contributed by atoms with Crippen molar-refractivity contribution in [3.63, 3.8) is 0 Å². The van der Waals surface area contributed by atoms with E-state index in [-0.39, 0.29) is 0 Å². The molecular formula is C15H16ClN3O. The molecule has 5 heteroatoms. The van der Waals surface area contributed by atoms with Crippen molar-refractivity contribution in [1.29, 1.82) is 0 Å². The third-order valence-electron chi connectivity index (χ3n) is 3.00. The van der Waals surface area contributed by atoms with Crippen LogP contribution in [-0.2, 0) is 6.54 Å². The fourth-order valence-corrected chi connectivity index (χ4v) is 2.10. The van der Waals surface area contributed by atoms with Crippen molar-refractivity contribution in [3.8, 4) is 11.3 Å². The summed E-state index contributed by atoms with van der Waals surface area (Å²) in [6.45, 7) is 8.10. The molecular weight excluding hydrogens is 274 g/mol. The third kappa shape index (κ3) is 2.60. The molecule has 0 aliphatic heterocycles. The highest BCUT2D eigenvalue weighted by atomic mass is 35.5. The molecule has 0 spiro atoms. The van der Waals surface area contributed by atoms with Gasteiger partial charge in [0.15, 0.2) is 6.29 Å². The molecule has 0 aliphatic carbocycles. The van der Waals surface area contributed by atoms with Gasteiger partial charge in [-0.3, -0.25) is 4.79 Å². The van der Waals surface area contributed by atoms with E-state index in [4.69, 9.17) is 17.3 Å². The van der Waals surface area contributed by atoms with E-state index in [0.29, 0.717) is 28.6 Å². The Bertz CT molecular complexity index is 689. The number of carbonyl (C=O) groups excluding carboxylic acids is 1. The smallest absolute Gasteiger partial charge is 0.156 e. The number of hydrogen-bond acceptors (Lipinski definition) is 3. The molecule has 0 atom stereocenters. The Morgan fingerprint density at radius 1 is 1.55 bits per heavy atom. The van der Waals surface area contributed by atoms with Gasteiger partial charge in [0.05, 0.1) is 12.1 Å². The Labute approximate surface area is 122 Å². The van der Waals surface area contributed by atoms with Crippen LogP contribution in [-0.4, -0.2) is 16.1 Å². The Balaban J connectivity index is 2.58. The van der Waals surface area contributed by atoms with E-state index in [0.717, 1.165) is 23.0 Å². The SMILES string of the molecule is C=C(C)Cn1nc(-c2ccc(Cl)c(C)c2)c(C=O)c1N. The van der Waals surface area contributed by atoms with Crippen LogP contribution in [0.4, 0.5) is 5.82 Å². The first kappa shape index (κ1) is 14.3. The maximum absolute atomic E-state index is 11.3. The largest absolute Gasteiger partial charge is 0.383 e. The number of nitrogens with two attached hydrogens (primary N) is 1. The lowest BCUT2D eigenvalue weighted by atomic mass is 10.1. The average Bonchev–Trinajstić information content (AvgIpc) is 2.69. The number of benzene rings is 1. The Kier molecular flexibility index (Phi) is 3.95. The van der Waals surface area contributed by atoms with Gasteiger partial charge in [-0.25, -0.2) is 4.68 Å². The third-order valence-corrected chi connectivity index (χ3v) is 3.42. The predicted octanol–water partition coefficient (Wildman–Crippen LogP) is 3.48. The van der Waals surface area contributed by atoms with Gasteiger partial charge in [-0.1, -0.05) is 29.8 Å². The molecule has 0 saturated carbocycles. The quantitative estimate of drug-likeness (QED) is 0.692. The van der Waals surface area contributed by atoms with Gasteiger partial charge in [0.1, 0.15) is 11.5 Å². The van der Waals surface area contributed by atoms with Gasteiger partial charge in [-0.2, -0.15) is 5.10 Å². The zero-order valence-corrected chi connectivity index (χ0v) is 12.2. The van der Waals surface area contributed by atoms with Crippen LogP contribution >= 0.6 is 11.6 Å². The number of rotatable bonds is 4. The number of halogens is 1. The molecule has 0 fully saturated rings. The molecule has 1 aromatic carbocycles. The maximum atomic E-state index is 11.3. The molecule has 1 aromatic heterocycles. The van der Waals surface area contributed by atoms with E-state index < -0.39 is 0 Å². The van der Waals surface area contributed by atoms with E-state index in [2.05, 4.69) is 11.7 Å². The molecule has 0 amide bonds. The number of carbonyl (C=O) groups is 1. The van der Waals surface area contributed by atoms with Crippen LogP contribution in [0.3, 0.4) is 0 Å². The molecule has 0 bridgehead atoms. The highest BCUT2D eigenvalue weighted by Gasteiger charge is 2.17. The van der Waals surface area contributed by atoms with Crippen LogP contribution in [0, 0.1) is 6.92 Å². The van der Waals surface area contributed by atoms with E-state index >= 15 is 0 Å². The normalized spacial score (nSPS) is 10.6. The van der Waals surface area contributed by atoms with Gasteiger partial charge < -0.3 is 5.73 Å². The van der Waals surface area contributed by atoms with Gasteiger partial charge in [-0.15, -0.1) is 0 Å². The molecule has 0 unspecified atom stereocenters. The van der Waals surface area contributed by atoms with Crippen LogP contribution in [0.1, 0.15) is 22.8 Å². The first-order valence-electron chi connectivity index (χ1n) is 6.16. The van der Waals surface area contributed by atoms with Crippen molar-refractivity contribution in [1.82, 2.24) is 9.78 Å². The molecule has 0 radical (unpaired) electrons. The summed E-state index contributed by atoms with van der Waals surface area (Å²) in [7, 11) is 0. The van der Waals surface area contributed by atoms with Crippen molar-refractivity contribution < 1.29 is 4.79 Å². The highest BCUT2D eigenvalue weighted by molar-refractivity contribution is 6.31. The maximum Gasteiger partial charge on any atom is 0.156 e. The first-order chi connectivity index (χ1) is 9.43. The van der Waals surface area contributed by atoms with Gasteiger partial charge in [0, 0.05) is 10.6 Å². The summed E-state index contributed by atoms with van der Waals surface area (Å²) in [6, 6.07) is 5.51. The second-order valence-electron chi connectivity index (χ2n) is 4.84. The summed E-state index contributed by atoms with van der Waals surface area (Å²) >= 11 is 6.02. The van der Waals surface area contributed by atoms with Gasteiger partial charge in [0.2, 0.25) is 0 Å². The van der Waals surface area contributed by atoms with Crippen molar-refractivity contribution in [2.45, 2.75) is 20.4 Å². The van der Waals surface area contributed by atoms with Crippen molar-refractivity contribution in [2.75, 3.05) is 5.73 Å². The zero-order valence-electron chi connectivity index (χ0n) is 11.5. The molecule has 0 saturated heterocycles. The Morgan fingerprint density at radius 2 is 2.25 bits per heavy atom. The lowest BCUT2D eigenvalue weighted by Gasteiger charge is -2.02. The summed E-state index contributed by atoms with van der Waals surface area (Å²) < 4.78 is 1.59. The Hall–Kier alpha value is -2.07. The molecule has 1 heterocycles. The Morgan fingerprint density at radius 3 is 2.80 bits per heavy atom. The fraction of sp³-hybridized carbons (Fsp3) is 0.200. The number of nitrogens with zero attached hydrogens (tertiary/aromatic N) is 2. The minimum Gasteiger partial charge on any atom is -0.383 e. The zero-order chi connectivity index (χ0) is 14.9. The number of aromatic nitrogens is 2. The highest BCUT2D eigenvalue weighted by Crippen LogP contribution is 2.29. The average molecular weight is 290 g/mol. The van der Waals surface area contributed by atoms with Gasteiger partial charge in [0.25, 0.3) is 0 Å². The van der Waals surface area contributed by atoms with E-state index in [1.807, 2.05) is 26.0 Å². The predicted molar refractivity (Wildman–Crippen MR) is 82.0 cm³/mol. The first-order valence-corrected chi connectivity index (χ1v) is 6.54. The molecule has 104 valence electrons. The molecule has 0 aliphatic rings. The van der Waals surface area contributed by atoms with Crippen molar-refractivity contribution >= 4 is 23.7 Å². The number of aryl methyl sites for hydroxylation is 1. The number of anilines is 1. The van der Waals surface area contributed by atoms with E-state index in [1.54, 1.807) is 10.7 Å². The minimum atomic E-state index is 0.352. The minimum absolute atomic E-state index is 0.352. The number of aldehydes is 1. The van der Waals surface area contributed by atoms with E-state index in [1.165, 1.54) is 0 Å².